The second-order valence-corrected chi connectivity index (χ2v) is 17.9. The van der Waals surface area contributed by atoms with Gasteiger partial charge in [0.2, 0.25) is 5.91 Å². The van der Waals surface area contributed by atoms with Crippen molar-refractivity contribution in [3.05, 3.63) is 68.8 Å². The van der Waals surface area contributed by atoms with E-state index in [4.69, 9.17) is 45.0 Å². The summed E-state index contributed by atoms with van der Waals surface area (Å²) in [5.74, 6) is 5.27. The Balaban J connectivity index is 1.29. The van der Waals surface area contributed by atoms with Crippen LogP contribution in [0.15, 0.2) is 47.0 Å². The Morgan fingerprint density at radius 2 is 1.91 bits per heavy atom. The number of ether oxygens (including phenoxy) is 5. The van der Waals surface area contributed by atoms with Crippen LogP contribution in [0.3, 0.4) is 0 Å². The summed E-state index contributed by atoms with van der Waals surface area (Å²) in [6.07, 6.45) is -1.50. The summed E-state index contributed by atoms with van der Waals surface area (Å²) in [5, 5.41) is 15.4. The van der Waals surface area contributed by atoms with E-state index in [2.05, 4.69) is 66.4 Å². The second-order valence-electron chi connectivity index (χ2n) is 12.9. The number of carbonyl (C=O) groups is 2. The lowest BCUT2D eigenvalue weighted by atomic mass is 10.2. The van der Waals surface area contributed by atoms with Crippen molar-refractivity contribution < 1.29 is 74.8 Å². The molecule has 0 bridgehead atoms. The van der Waals surface area contributed by atoms with Gasteiger partial charge in [-0.05, 0) is 36.3 Å². The van der Waals surface area contributed by atoms with Crippen LogP contribution in [0.1, 0.15) is 28.6 Å². The second kappa shape index (κ2) is 24.8. The monoisotopic (exact) mass is 959 g/mol. The highest BCUT2D eigenvalue weighted by atomic mass is 31.3. The third-order valence-corrected chi connectivity index (χ3v) is 12.3. The lowest BCUT2D eigenvalue weighted by Crippen LogP contribution is -2.30. The number of nitrogens with two attached hydrogens (primary N) is 1. The van der Waals surface area contributed by atoms with E-state index >= 15 is 0 Å². The third-order valence-electron chi connectivity index (χ3n) is 8.10. The number of phosphoric ester groups is 1. The van der Waals surface area contributed by atoms with Gasteiger partial charge in [-0.2, -0.15) is 4.31 Å². The number of likely N-dealkylation sites (N-methyl/N-ethyl adjacent to an activating group) is 1. The molecular formula is C32H44N13O16P3. The highest BCUT2D eigenvalue weighted by Crippen LogP contribution is 2.66. The highest BCUT2D eigenvalue weighted by molar-refractivity contribution is 7.68. The molecule has 348 valence electrons. The predicted octanol–water partition coefficient (Wildman–Crippen LogP) is 2.19. The third kappa shape index (κ3) is 17.1. The predicted molar refractivity (Wildman–Crippen MR) is 221 cm³/mol. The number of azide groups is 2. The molecule has 1 saturated heterocycles. The number of rotatable bonds is 26. The first kappa shape index (κ1) is 51.4. The van der Waals surface area contributed by atoms with Gasteiger partial charge in [-0.25, -0.2) is 23.4 Å². The first-order chi connectivity index (χ1) is 30.4. The molecule has 1 aliphatic rings. The van der Waals surface area contributed by atoms with Crippen LogP contribution >= 0.6 is 23.2 Å². The minimum Gasteiger partial charge on any atom is -0.491 e. The summed E-state index contributed by atoms with van der Waals surface area (Å²) >= 11 is 0. The van der Waals surface area contributed by atoms with Gasteiger partial charge in [-0.15, -0.1) is 0 Å². The Morgan fingerprint density at radius 1 is 1.11 bits per heavy atom. The number of hydrogen-bond donors (Lipinski definition) is 7. The van der Waals surface area contributed by atoms with Gasteiger partial charge in [0.25, 0.3) is 5.91 Å². The van der Waals surface area contributed by atoms with Crippen molar-refractivity contribution in [1.29, 1.82) is 0 Å². The lowest BCUT2D eigenvalue weighted by Gasteiger charge is -2.21. The first-order valence-corrected chi connectivity index (χ1v) is 23.5. The molecule has 4 rings (SSSR count). The summed E-state index contributed by atoms with van der Waals surface area (Å²) in [6.45, 7) is -0.487. The smallest absolute Gasteiger partial charge is 0.488 e. The number of nitrogens with one attached hydrogen (secondary N) is 3. The Kier molecular flexibility index (Phi) is 19.9. The molecule has 64 heavy (non-hydrogen) atoms. The standard InChI is InChI=1S/C32H44N13O16P3/c1-36-9-10-38-32(47)21-5-3-7-23(13-21)56-18-27(42-44-35)55-12-11-54-17-26(46)37-8-4-6-22-15-45(31-29(22)30(33)39-19-40-31)28-14-24(57-20-41-43-34)25(59-28)16-58-63(50,51)61-64(52,53)60-62(2,48)49/h3,5,7,13,15,19,24-25,27-28,36H,8-12,14,16-18,20H2,1-2H3,(H,37,46)(H,38,47)(H,48,49)(H,50,51)(H,52,53)(H2,33,39,40)/t24-,25-,27?,28-/m1/s1. The Labute approximate surface area is 363 Å². The fourth-order valence-corrected chi connectivity index (χ4v) is 9.00. The van der Waals surface area contributed by atoms with Gasteiger partial charge in [0.05, 0.1) is 43.4 Å². The zero-order valence-corrected chi connectivity index (χ0v) is 36.6. The van der Waals surface area contributed by atoms with Crippen LogP contribution in [0.5, 0.6) is 5.75 Å². The van der Waals surface area contributed by atoms with E-state index < -0.39 is 67.1 Å². The summed E-state index contributed by atoms with van der Waals surface area (Å²) in [6, 6.07) is 6.43. The van der Waals surface area contributed by atoms with Crippen molar-refractivity contribution in [2.24, 2.45) is 10.2 Å². The zero-order valence-electron chi connectivity index (χ0n) is 33.9. The molecule has 29 nitrogen and oxygen atoms in total. The number of anilines is 1. The summed E-state index contributed by atoms with van der Waals surface area (Å²) in [4.78, 5) is 67.3. The molecule has 1 fully saturated rings. The lowest BCUT2D eigenvalue weighted by molar-refractivity contribution is -0.126. The van der Waals surface area contributed by atoms with E-state index in [-0.39, 0.29) is 56.8 Å². The van der Waals surface area contributed by atoms with E-state index in [1.165, 1.54) is 23.2 Å². The molecule has 2 aromatic heterocycles. The van der Waals surface area contributed by atoms with Crippen LogP contribution in [0.25, 0.3) is 31.9 Å². The molecule has 0 spiro atoms. The Hall–Kier alpha value is -5.19. The maximum atomic E-state index is 12.4. The molecule has 1 aromatic carbocycles. The number of nitrogens with zero attached hydrogens (tertiary/aromatic N) is 9. The van der Waals surface area contributed by atoms with E-state index in [9.17, 15) is 38.0 Å². The largest absolute Gasteiger partial charge is 0.491 e. The number of carbonyl (C=O) groups excluding carboxylic acids is 2. The van der Waals surface area contributed by atoms with Crippen molar-refractivity contribution >= 4 is 51.9 Å². The van der Waals surface area contributed by atoms with E-state index in [0.717, 1.165) is 0 Å². The van der Waals surface area contributed by atoms with Crippen LogP contribution in [-0.4, -0.2) is 133 Å². The van der Waals surface area contributed by atoms with E-state index in [0.29, 0.717) is 42.0 Å². The molecule has 8 N–H and O–H groups in total. The number of benzene rings is 1. The molecule has 4 unspecified atom stereocenters. The average molecular weight is 960 g/mol. The van der Waals surface area contributed by atoms with Gasteiger partial charge in [-0.1, -0.05) is 28.1 Å². The number of amides is 2. The average Bonchev–Trinajstić information content (AvgIpc) is 3.81. The SMILES string of the molecule is CNCCNC(=O)c1cccc(OCC(N=[N+]=[N-])OCCOCC(=O)NCC#Cc2cn([C@H]3C[C@@H](OCN=[N+]=[N-])[C@@H](COP(=O)(O)OP(=O)(O)OP(C)(=O)O)O3)c3ncnc(N)c23)c1. The van der Waals surface area contributed by atoms with Crippen molar-refractivity contribution in [1.82, 2.24) is 30.5 Å². The minimum atomic E-state index is -5.55. The first-order valence-electron chi connectivity index (χ1n) is 18.5. The highest BCUT2D eigenvalue weighted by Gasteiger charge is 2.43. The van der Waals surface area contributed by atoms with Crippen molar-refractivity contribution in [2.45, 2.75) is 31.1 Å². The summed E-state index contributed by atoms with van der Waals surface area (Å²) in [7, 11) is -13.8. The molecule has 0 radical (unpaired) electrons. The number of nitrogen functional groups attached to an aromatic ring is 1. The van der Waals surface area contributed by atoms with Gasteiger partial charge in [-0.3, -0.25) is 18.7 Å². The zero-order chi connectivity index (χ0) is 46.8. The van der Waals surface area contributed by atoms with E-state index in [1.807, 2.05) is 0 Å². The Morgan fingerprint density at radius 3 is 2.64 bits per heavy atom. The maximum absolute atomic E-state index is 12.4. The van der Waals surface area contributed by atoms with Crippen LogP contribution in [0.2, 0.25) is 0 Å². The molecule has 3 aromatic rings. The molecular weight excluding hydrogens is 915 g/mol. The van der Waals surface area contributed by atoms with Crippen LogP contribution < -0.4 is 26.4 Å². The van der Waals surface area contributed by atoms with Gasteiger partial charge < -0.3 is 64.6 Å². The van der Waals surface area contributed by atoms with Crippen molar-refractivity contribution in [2.75, 3.05) is 78.8 Å². The molecule has 0 saturated carbocycles. The Bertz CT molecular complexity index is 2400. The normalized spacial score (nSPS) is 19.0. The number of phosphoric acid groups is 2. The number of fused-ring (bicyclic) bond motifs is 1. The molecule has 3 heterocycles. The topological polar surface area (TPSA) is 410 Å². The van der Waals surface area contributed by atoms with E-state index in [1.54, 1.807) is 25.2 Å². The molecule has 1 aliphatic heterocycles. The molecule has 7 atom stereocenters. The number of hydrogen-bond acceptors (Lipinski definition) is 19. The van der Waals surface area contributed by atoms with Crippen molar-refractivity contribution in [3.8, 4) is 17.6 Å². The molecule has 2 amide bonds. The summed E-state index contributed by atoms with van der Waals surface area (Å²) in [5.41, 5.74) is 24.7. The fourth-order valence-electron chi connectivity index (χ4n) is 5.51. The van der Waals surface area contributed by atoms with Crippen LogP contribution in [-0.2, 0) is 50.6 Å². The van der Waals surface area contributed by atoms with Gasteiger partial charge in [0.15, 0.2) is 6.23 Å². The summed E-state index contributed by atoms with van der Waals surface area (Å²) < 4.78 is 78.2. The van der Waals surface area contributed by atoms with Gasteiger partial charge in [0, 0.05) is 47.8 Å². The fraction of sp³-hybridized carbons (Fsp3) is 0.500. The van der Waals surface area contributed by atoms with Gasteiger partial charge in [0.1, 0.15) is 55.8 Å². The number of aromatic nitrogens is 3. The van der Waals surface area contributed by atoms with Crippen LogP contribution in [0.4, 0.5) is 5.82 Å². The molecule has 0 aliphatic carbocycles. The van der Waals surface area contributed by atoms with Crippen LogP contribution in [0, 0.1) is 11.8 Å². The quantitative estimate of drug-likeness (QED) is 0.0151. The minimum absolute atomic E-state index is 0.00808. The van der Waals surface area contributed by atoms with Crippen molar-refractivity contribution in [3.63, 3.8) is 0 Å². The molecule has 32 heteroatoms. The maximum Gasteiger partial charge on any atom is 0.488 e. The van der Waals surface area contributed by atoms with Gasteiger partial charge >= 0.3 is 23.2 Å².